The molecule has 1 aromatic heterocycles. The summed E-state index contributed by atoms with van der Waals surface area (Å²) in [5.41, 5.74) is 3.82. The number of aromatic nitrogens is 1. The quantitative estimate of drug-likeness (QED) is 0.697. The number of carbonyl (C=O) groups excluding carboxylic acids is 1. The molecule has 0 bridgehead atoms. The van der Waals surface area contributed by atoms with Gasteiger partial charge < -0.3 is 10.6 Å². The van der Waals surface area contributed by atoms with Gasteiger partial charge in [0.05, 0.1) is 11.7 Å². The minimum absolute atomic E-state index is 0.0869. The maximum atomic E-state index is 13.6. The molecule has 158 valence electrons. The molecule has 8 heteroatoms. The van der Waals surface area contributed by atoms with Gasteiger partial charge in [-0.15, -0.1) is 0 Å². The van der Waals surface area contributed by atoms with Crippen LogP contribution in [0.3, 0.4) is 0 Å². The molecule has 0 aliphatic carbocycles. The fourth-order valence-corrected chi connectivity index (χ4v) is 4.20. The van der Waals surface area contributed by atoms with Gasteiger partial charge in [0.1, 0.15) is 12.0 Å². The van der Waals surface area contributed by atoms with E-state index in [-0.39, 0.29) is 23.9 Å². The molecule has 1 saturated heterocycles. The maximum absolute atomic E-state index is 13.6. The number of pyridine rings is 1. The lowest BCUT2D eigenvalue weighted by Crippen LogP contribution is -2.46. The average Bonchev–Trinajstić information content (AvgIpc) is 2.94. The Hall–Kier alpha value is -2.48. The summed E-state index contributed by atoms with van der Waals surface area (Å²) in [4.78, 5) is 18.4. The van der Waals surface area contributed by atoms with E-state index >= 15 is 0 Å². The van der Waals surface area contributed by atoms with E-state index < -0.39 is 0 Å². The van der Waals surface area contributed by atoms with Crippen LogP contribution in [-0.4, -0.2) is 42.0 Å². The van der Waals surface area contributed by atoms with E-state index in [1.807, 2.05) is 18.2 Å². The van der Waals surface area contributed by atoms with Crippen LogP contribution in [0, 0.1) is 5.82 Å². The lowest BCUT2D eigenvalue weighted by atomic mass is 9.94. The van der Waals surface area contributed by atoms with Crippen molar-refractivity contribution in [2.45, 2.75) is 25.6 Å². The number of benzene rings is 1. The van der Waals surface area contributed by atoms with Crippen molar-refractivity contribution < 1.29 is 9.18 Å². The second-order valence-corrected chi connectivity index (χ2v) is 8.04. The summed E-state index contributed by atoms with van der Waals surface area (Å²) in [6.45, 7) is 4.86. The van der Waals surface area contributed by atoms with Crippen molar-refractivity contribution in [1.82, 2.24) is 25.8 Å². The molecule has 2 aliphatic heterocycles. The van der Waals surface area contributed by atoms with E-state index in [1.165, 1.54) is 12.1 Å². The van der Waals surface area contributed by atoms with Crippen LogP contribution in [0.15, 0.2) is 53.9 Å². The molecule has 3 N–H and O–H groups in total. The highest BCUT2D eigenvalue weighted by Gasteiger charge is 2.30. The third-order valence-electron chi connectivity index (χ3n) is 5.60. The number of rotatable bonds is 4. The highest BCUT2D eigenvalue weighted by atomic mass is 35.5. The smallest absolute Gasteiger partial charge is 0.221 e. The molecule has 0 saturated carbocycles. The molecule has 0 radical (unpaired) electrons. The molecule has 2 unspecified atom stereocenters. The van der Waals surface area contributed by atoms with Crippen LogP contribution in [0.2, 0.25) is 5.02 Å². The fraction of sp³-hybridized carbons (Fsp3) is 0.364. The predicted octanol–water partition coefficient (Wildman–Crippen LogP) is 2.90. The second-order valence-electron chi connectivity index (χ2n) is 7.64. The van der Waals surface area contributed by atoms with Crippen LogP contribution >= 0.6 is 11.6 Å². The molecular formula is C22H25ClFN5O. The Labute approximate surface area is 180 Å². The molecule has 2 aliphatic rings. The Kier molecular flexibility index (Phi) is 6.32. The standard InChI is InChI=1S/C22H25ClFN5O/c1-14-19(13-29-10-7-20(30)26-9-11-29)27-22(18-4-2-3-8-25-18)28-21(14)16-6-5-15(24)12-17(16)23/h2-6,8,12,21-22,27-28H,7,9-11,13H2,1H3,(H,26,30). The van der Waals surface area contributed by atoms with Crippen molar-refractivity contribution in [1.29, 1.82) is 0 Å². The van der Waals surface area contributed by atoms with Gasteiger partial charge in [0.2, 0.25) is 5.91 Å². The first-order valence-corrected chi connectivity index (χ1v) is 10.5. The highest BCUT2D eigenvalue weighted by molar-refractivity contribution is 6.31. The van der Waals surface area contributed by atoms with Crippen molar-refractivity contribution in [3.8, 4) is 0 Å². The van der Waals surface area contributed by atoms with Crippen molar-refractivity contribution >= 4 is 17.5 Å². The van der Waals surface area contributed by atoms with Crippen molar-refractivity contribution in [2.24, 2.45) is 0 Å². The lowest BCUT2D eigenvalue weighted by molar-refractivity contribution is -0.120. The SMILES string of the molecule is CC1=C(CN2CCNC(=O)CC2)NC(c2ccccn2)NC1c1ccc(F)cc1Cl. The third kappa shape index (κ3) is 4.64. The van der Waals surface area contributed by atoms with Crippen molar-refractivity contribution in [3.05, 3.63) is 76.0 Å². The second kappa shape index (κ2) is 9.12. The summed E-state index contributed by atoms with van der Waals surface area (Å²) in [5.74, 6) is -0.272. The molecule has 1 fully saturated rings. The predicted molar refractivity (Wildman–Crippen MR) is 114 cm³/mol. The Morgan fingerprint density at radius 1 is 1.27 bits per heavy atom. The minimum Gasteiger partial charge on any atom is -0.367 e. The number of hydrogen-bond donors (Lipinski definition) is 3. The molecule has 6 nitrogen and oxygen atoms in total. The number of hydrogen-bond acceptors (Lipinski definition) is 5. The van der Waals surface area contributed by atoms with E-state index in [0.29, 0.717) is 31.1 Å². The van der Waals surface area contributed by atoms with E-state index in [9.17, 15) is 9.18 Å². The van der Waals surface area contributed by atoms with Gasteiger partial charge in [-0.1, -0.05) is 23.7 Å². The summed E-state index contributed by atoms with van der Waals surface area (Å²) in [7, 11) is 0. The lowest BCUT2D eigenvalue weighted by Gasteiger charge is -2.37. The Balaban J connectivity index is 1.66. The monoisotopic (exact) mass is 429 g/mol. The largest absolute Gasteiger partial charge is 0.367 e. The van der Waals surface area contributed by atoms with Crippen LogP contribution < -0.4 is 16.0 Å². The van der Waals surface area contributed by atoms with E-state index in [4.69, 9.17) is 11.6 Å². The van der Waals surface area contributed by atoms with Gasteiger partial charge in [0.15, 0.2) is 0 Å². The van der Waals surface area contributed by atoms with Crippen LogP contribution in [0.25, 0.3) is 0 Å². The average molecular weight is 430 g/mol. The molecular weight excluding hydrogens is 405 g/mol. The third-order valence-corrected chi connectivity index (χ3v) is 5.93. The van der Waals surface area contributed by atoms with Crippen molar-refractivity contribution in [2.75, 3.05) is 26.2 Å². The van der Waals surface area contributed by atoms with E-state index in [0.717, 1.165) is 29.1 Å². The van der Waals surface area contributed by atoms with Gasteiger partial charge in [0, 0.05) is 49.5 Å². The van der Waals surface area contributed by atoms with Crippen LogP contribution in [0.1, 0.15) is 36.8 Å². The molecule has 3 heterocycles. The normalized spacial score (nSPS) is 23.0. The zero-order valence-corrected chi connectivity index (χ0v) is 17.5. The minimum atomic E-state index is -0.359. The summed E-state index contributed by atoms with van der Waals surface area (Å²) in [6, 6.07) is 10.1. The fourth-order valence-electron chi connectivity index (χ4n) is 3.93. The zero-order valence-electron chi connectivity index (χ0n) is 16.8. The summed E-state index contributed by atoms with van der Waals surface area (Å²) < 4.78 is 13.6. The van der Waals surface area contributed by atoms with E-state index in [1.54, 1.807) is 12.3 Å². The Morgan fingerprint density at radius 2 is 2.13 bits per heavy atom. The maximum Gasteiger partial charge on any atom is 0.221 e. The number of nitrogens with zero attached hydrogens (tertiary/aromatic N) is 2. The highest BCUT2D eigenvalue weighted by Crippen LogP contribution is 2.34. The first-order valence-electron chi connectivity index (χ1n) is 10.1. The number of halogens is 2. The van der Waals surface area contributed by atoms with Gasteiger partial charge in [-0.3, -0.25) is 20.0 Å². The van der Waals surface area contributed by atoms with Gasteiger partial charge in [-0.05, 0) is 42.3 Å². The van der Waals surface area contributed by atoms with Crippen LogP contribution in [-0.2, 0) is 4.79 Å². The van der Waals surface area contributed by atoms with Crippen molar-refractivity contribution in [3.63, 3.8) is 0 Å². The van der Waals surface area contributed by atoms with Crippen LogP contribution in [0.5, 0.6) is 0 Å². The number of nitrogens with one attached hydrogen (secondary N) is 3. The molecule has 1 amide bonds. The molecule has 1 aromatic carbocycles. The molecule has 2 aromatic rings. The Morgan fingerprint density at radius 3 is 2.90 bits per heavy atom. The summed E-state index contributed by atoms with van der Waals surface area (Å²) >= 11 is 6.40. The molecule has 2 atom stereocenters. The first-order chi connectivity index (χ1) is 14.5. The van der Waals surface area contributed by atoms with Gasteiger partial charge >= 0.3 is 0 Å². The number of amides is 1. The van der Waals surface area contributed by atoms with Gasteiger partial charge in [0.25, 0.3) is 0 Å². The first kappa shape index (κ1) is 20.8. The molecule has 4 rings (SSSR count). The summed E-state index contributed by atoms with van der Waals surface area (Å²) in [5, 5.41) is 10.4. The summed E-state index contributed by atoms with van der Waals surface area (Å²) in [6.07, 6.45) is 2.03. The molecule has 30 heavy (non-hydrogen) atoms. The van der Waals surface area contributed by atoms with Gasteiger partial charge in [-0.2, -0.15) is 0 Å². The Bertz CT molecular complexity index is 952. The molecule has 0 spiro atoms. The number of carbonyl (C=O) groups is 1. The zero-order chi connectivity index (χ0) is 21.1. The van der Waals surface area contributed by atoms with E-state index in [2.05, 4.69) is 32.8 Å². The van der Waals surface area contributed by atoms with Gasteiger partial charge in [-0.25, -0.2) is 4.39 Å². The topological polar surface area (TPSA) is 69.3 Å². The van der Waals surface area contributed by atoms with Crippen LogP contribution in [0.4, 0.5) is 4.39 Å².